The van der Waals surface area contributed by atoms with E-state index in [0.717, 1.165) is 51.5 Å². The van der Waals surface area contributed by atoms with E-state index in [1.807, 2.05) is 0 Å². The van der Waals surface area contributed by atoms with Crippen molar-refractivity contribution in [2.24, 2.45) is 5.92 Å². The van der Waals surface area contributed by atoms with E-state index in [-0.39, 0.29) is 0 Å². The molecule has 4 nitrogen and oxygen atoms in total. The number of amides is 1. The number of carbonyl (C=O) groups excluding carboxylic acids is 1. The Labute approximate surface area is 136 Å². The number of ether oxygens (including phenoxy) is 1. The maximum absolute atomic E-state index is 12.3. The van der Waals surface area contributed by atoms with Gasteiger partial charge in [0.05, 0.1) is 12.2 Å². The van der Waals surface area contributed by atoms with Gasteiger partial charge >= 0.3 is 0 Å². The smallest absolute Gasteiger partial charge is 0.222 e. The second-order valence-corrected chi connectivity index (χ2v) is 7.18. The molecule has 0 aromatic heterocycles. The van der Waals surface area contributed by atoms with Gasteiger partial charge in [-0.3, -0.25) is 4.79 Å². The van der Waals surface area contributed by atoms with Crippen LogP contribution >= 0.6 is 0 Å². The van der Waals surface area contributed by atoms with Crippen molar-refractivity contribution in [2.75, 3.05) is 32.7 Å². The van der Waals surface area contributed by atoms with E-state index in [1.165, 1.54) is 25.7 Å². The summed E-state index contributed by atoms with van der Waals surface area (Å²) >= 11 is 0. The van der Waals surface area contributed by atoms with Gasteiger partial charge in [-0.2, -0.15) is 0 Å². The van der Waals surface area contributed by atoms with Crippen molar-refractivity contribution in [2.45, 2.75) is 71.5 Å². The summed E-state index contributed by atoms with van der Waals surface area (Å²) in [7, 11) is 0. The SMILES string of the molecule is CCN1CCN(C(=O)CCC2CCC(OC(C)C)CC2)CC1. The van der Waals surface area contributed by atoms with Crippen molar-refractivity contribution in [3.05, 3.63) is 0 Å². The molecule has 1 heterocycles. The highest BCUT2D eigenvalue weighted by molar-refractivity contribution is 5.76. The Kier molecular flexibility index (Phi) is 7.16. The summed E-state index contributed by atoms with van der Waals surface area (Å²) < 4.78 is 5.90. The van der Waals surface area contributed by atoms with E-state index in [0.29, 0.717) is 18.1 Å². The lowest BCUT2D eigenvalue weighted by Gasteiger charge is -2.34. The van der Waals surface area contributed by atoms with Gasteiger partial charge in [-0.1, -0.05) is 6.92 Å². The molecule has 1 aliphatic carbocycles. The minimum Gasteiger partial charge on any atom is -0.376 e. The highest BCUT2D eigenvalue weighted by Crippen LogP contribution is 2.30. The van der Waals surface area contributed by atoms with Gasteiger partial charge in [0.1, 0.15) is 0 Å². The van der Waals surface area contributed by atoms with E-state index in [2.05, 4.69) is 30.6 Å². The van der Waals surface area contributed by atoms with Crippen molar-refractivity contribution < 1.29 is 9.53 Å². The molecule has 0 atom stereocenters. The number of hydrogen-bond acceptors (Lipinski definition) is 3. The first-order valence-electron chi connectivity index (χ1n) is 9.24. The van der Waals surface area contributed by atoms with Crippen LogP contribution in [-0.4, -0.2) is 60.6 Å². The largest absolute Gasteiger partial charge is 0.376 e. The van der Waals surface area contributed by atoms with E-state index in [9.17, 15) is 4.79 Å². The third-order valence-corrected chi connectivity index (χ3v) is 5.20. The molecular formula is C18H34N2O2. The highest BCUT2D eigenvalue weighted by Gasteiger charge is 2.24. The predicted octanol–water partition coefficient (Wildman–Crippen LogP) is 2.91. The van der Waals surface area contributed by atoms with Gasteiger partial charge < -0.3 is 14.5 Å². The molecule has 128 valence electrons. The third-order valence-electron chi connectivity index (χ3n) is 5.20. The van der Waals surface area contributed by atoms with Crippen LogP contribution in [0.15, 0.2) is 0 Å². The molecule has 0 N–H and O–H groups in total. The van der Waals surface area contributed by atoms with Gasteiger partial charge in [-0.15, -0.1) is 0 Å². The summed E-state index contributed by atoms with van der Waals surface area (Å²) in [6.45, 7) is 11.4. The highest BCUT2D eigenvalue weighted by atomic mass is 16.5. The molecule has 2 aliphatic rings. The van der Waals surface area contributed by atoms with E-state index in [4.69, 9.17) is 4.74 Å². The van der Waals surface area contributed by atoms with E-state index < -0.39 is 0 Å². The molecule has 0 aromatic carbocycles. The molecule has 2 fully saturated rings. The zero-order chi connectivity index (χ0) is 15.9. The van der Waals surface area contributed by atoms with Crippen LogP contribution in [0.25, 0.3) is 0 Å². The third kappa shape index (κ3) is 5.54. The Morgan fingerprint density at radius 1 is 1.09 bits per heavy atom. The number of rotatable bonds is 6. The minimum absolute atomic E-state index is 0.338. The fourth-order valence-electron chi connectivity index (χ4n) is 3.74. The molecule has 1 saturated heterocycles. The summed E-state index contributed by atoms with van der Waals surface area (Å²) in [5.41, 5.74) is 0. The first kappa shape index (κ1) is 17.7. The quantitative estimate of drug-likeness (QED) is 0.756. The first-order valence-corrected chi connectivity index (χ1v) is 9.24. The Hall–Kier alpha value is -0.610. The summed E-state index contributed by atoms with van der Waals surface area (Å²) in [4.78, 5) is 16.8. The summed E-state index contributed by atoms with van der Waals surface area (Å²) in [5, 5.41) is 0. The summed E-state index contributed by atoms with van der Waals surface area (Å²) in [5.74, 6) is 1.10. The zero-order valence-corrected chi connectivity index (χ0v) is 14.7. The Balaban J connectivity index is 1.61. The standard InChI is InChI=1S/C18H34N2O2/c1-4-19-11-13-20(14-12-19)18(21)10-7-16-5-8-17(9-6-16)22-15(2)3/h15-17H,4-14H2,1-3H3. The lowest BCUT2D eigenvalue weighted by Crippen LogP contribution is -2.48. The lowest BCUT2D eigenvalue weighted by atomic mass is 9.84. The summed E-state index contributed by atoms with van der Waals surface area (Å²) in [6.07, 6.45) is 7.41. The number of carbonyl (C=O) groups is 1. The molecule has 1 aliphatic heterocycles. The van der Waals surface area contributed by atoms with Crippen LogP contribution in [0.3, 0.4) is 0 Å². The number of nitrogens with zero attached hydrogens (tertiary/aromatic N) is 2. The Morgan fingerprint density at radius 3 is 2.27 bits per heavy atom. The van der Waals surface area contributed by atoms with Crippen LogP contribution in [0.5, 0.6) is 0 Å². The molecule has 0 radical (unpaired) electrons. The number of likely N-dealkylation sites (N-methyl/N-ethyl adjacent to an activating group) is 1. The van der Waals surface area contributed by atoms with Crippen molar-refractivity contribution in [3.8, 4) is 0 Å². The van der Waals surface area contributed by atoms with Gasteiger partial charge in [0.2, 0.25) is 5.91 Å². The zero-order valence-electron chi connectivity index (χ0n) is 14.7. The molecule has 0 unspecified atom stereocenters. The number of hydrogen-bond donors (Lipinski definition) is 0. The fraction of sp³-hybridized carbons (Fsp3) is 0.944. The van der Waals surface area contributed by atoms with E-state index in [1.54, 1.807) is 0 Å². The van der Waals surface area contributed by atoms with Crippen molar-refractivity contribution in [1.29, 1.82) is 0 Å². The van der Waals surface area contributed by atoms with Gasteiger partial charge in [0.15, 0.2) is 0 Å². The molecule has 2 rings (SSSR count). The lowest BCUT2D eigenvalue weighted by molar-refractivity contribution is -0.133. The molecule has 1 amide bonds. The van der Waals surface area contributed by atoms with Crippen LogP contribution in [0, 0.1) is 5.92 Å². The van der Waals surface area contributed by atoms with Crippen LogP contribution in [0.4, 0.5) is 0 Å². The average Bonchev–Trinajstić information content (AvgIpc) is 2.53. The van der Waals surface area contributed by atoms with Crippen LogP contribution in [-0.2, 0) is 9.53 Å². The molecule has 4 heteroatoms. The predicted molar refractivity (Wildman–Crippen MR) is 89.9 cm³/mol. The second kappa shape index (κ2) is 8.88. The van der Waals surface area contributed by atoms with Gasteiger partial charge in [0.25, 0.3) is 0 Å². The number of piperazine rings is 1. The first-order chi connectivity index (χ1) is 10.6. The van der Waals surface area contributed by atoms with Gasteiger partial charge in [-0.05, 0) is 58.4 Å². The molecule has 1 saturated carbocycles. The fourth-order valence-corrected chi connectivity index (χ4v) is 3.74. The van der Waals surface area contributed by atoms with Crippen molar-refractivity contribution >= 4 is 5.91 Å². The Bertz CT molecular complexity index is 330. The van der Waals surface area contributed by atoms with Gasteiger partial charge in [0, 0.05) is 32.6 Å². The summed E-state index contributed by atoms with van der Waals surface area (Å²) in [6, 6.07) is 0. The Morgan fingerprint density at radius 2 is 1.73 bits per heavy atom. The normalized spacial score (nSPS) is 27.4. The van der Waals surface area contributed by atoms with Crippen LogP contribution in [0.2, 0.25) is 0 Å². The van der Waals surface area contributed by atoms with E-state index >= 15 is 0 Å². The second-order valence-electron chi connectivity index (χ2n) is 7.18. The topological polar surface area (TPSA) is 32.8 Å². The minimum atomic E-state index is 0.338. The monoisotopic (exact) mass is 310 g/mol. The molecule has 0 aromatic rings. The molecule has 0 bridgehead atoms. The van der Waals surface area contributed by atoms with Crippen LogP contribution < -0.4 is 0 Å². The molecular weight excluding hydrogens is 276 g/mol. The maximum atomic E-state index is 12.3. The molecule has 0 spiro atoms. The van der Waals surface area contributed by atoms with Crippen LogP contribution in [0.1, 0.15) is 59.3 Å². The van der Waals surface area contributed by atoms with Crippen molar-refractivity contribution in [1.82, 2.24) is 9.80 Å². The maximum Gasteiger partial charge on any atom is 0.222 e. The van der Waals surface area contributed by atoms with Crippen molar-refractivity contribution in [3.63, 3.8) is 0 Å². The molecule has 22 heavy (non-hydrogen) atoms. The van der Waals surface area contributed by atoms with Gasteiger partial charge in [-0.25, -0.2) is 0 Å². The average molecular weight is 310 g/mol.